The van der Waals surface area contributed by atoms with E-state index in [2.05, 4.69) is 17.2 Å². The first kappa shape index (κ1) is 23.1. The van der Waals surface area contributed by atoms with Gasteiger partial charge in [-0.2, -0.15) is 16.1 Å². The molecule has 3 rings (SSSR count). The van der Waals surface area contributed by atoms with Crippen LogP contribution in [0.2, 0.25) is 0 Å². The number of rotatable bonds is 8. The number of hydrogen-bond donors (Lipinski definition) is 2. The van der Waals surface area contributed by atoms with E-state index in [1.807, 2.05) is 0 Å². The van der Waals surface area contributed by atoms with E-state index in [9.17, 15) is 18.0 Å². The molecule has 0 aromatic carbocycles. The fourth-order valence-corrected chi connectivity index (χ4v) is 6.40. The number of aromatic amines is 1. The molecule has 30 heavy (non-hydrogen) atoms. The first-order valence-electron chi connectivity index (χ1n) is 10.8. The molecule has 2 N–H and O–H groups in total. The topological polar surface area (TPSA) is 103 Å². The van der Waals surface area contributed by atoms with E-state index in [0.717, 1.165) is 30.8 Å². The van der Waals surface area contributed by atoms with Gasteiger partial charge in [0.1, 0.15) is 10.6 Å². The maximum Gasteiger partial charge on any atom is 0.270 e. The quantitative estimate of drug-likeness (QED) is 0.582. The molecule has 3 heterocycles. The molecule has 0 aliphatic carbocycles. The second-order valence-corrected chi connectivity index (χ2v) is 11.0. The van der Waals surface area contributed by atoms with Gasteiger partial charge in [-0.15, -0.1) is 0 Å². The molecule has 168 valence electrons. The van der Waals surface area contributed by atoms with Gasteiger partial charge in [0.05, 0.1) is 0 Å². The van der Waals surface area contributed by atoms with Crippen LogP contribution in [0.4, 0.5) is 0 Å². The normalized spacial score (nSPS) is 19.0. The first-order valence-corrected chi connectivity index (χ1v) is 13.4. The number of unbranched alkanes of at least 4 members (excludes halogenated alkanes) is 2. The van der Waals surface area contributed by atoms with Gasteiger partial charge < -0.3 is 15.2 Å². The minimum absolute atomic E-state index is 0.0628. The van der Waals surface area contributed by atoms with E-state index >= 15 is 0 Å². The Kier molecular flexibility index (Phi) is 8.24. The van der Waals surface area contributed by atoms with Gasteiger partial charge >= 0.3 is 0 Å². The summed E-state index contributed by atoms with van der Waals surface area (Å²) >= 11 is 1.74. The fourth-order valence-electron chi connectivity index (χ4n) is 3.83. The molecule has 1 aromatic rings. The van der Waals surface area contributed by atoms with Crippen LogP contribution in [0.5, 0.6) is 0 Å². The average molecular weight is 457 g/mol. The maximum absolute atomic E-state index is 12.8. The highest BCUT2D eigenvalue weighted by Crippen LogP contribution is 2.23. The third-order valence-corrected chi connectivity index (χ3v) is 8.55. The zero-order valence-electron chi connectivity index (χ0n) is 17.6. The van der Waals surface area contributed by atoms with Crippen molar-refractivity contribution in [2.45, 2.75) is 43.9 Å². The summed E-state index contributed by atoms with van der Waals surface area (Å²) in [5.74, 6) is 1.37. The monoisotopic (exact) mass is 456 g/mol. The first-order chi connectivity index (χ1) is 14.4. The molecule has 1 aromatic heterocycles. The van der Waals surface area contributed by atoms with Gasteiger partial charge in [-0.3, -0.25) is 9.59 Å². The van der Waals surface area contributed by atoms with Crippen molar-refractivity contribution in [3.05, 3.63) is 18.0 Å². The standard InChI is InChI=1S/C20H32N4O4S2/c1-2-3-4-7-21-19(25)16-5-8-23(9-6-16)20(26)18-14-17(15-22-18)30(27,28)24-10-12-29-13-11-24/h14-16,22H,2-13H2,1H3,(H,21,25). The zero-order chi connectivity index (χ0) is 21.6. The van der Waals surface area contributed by atoms with Gasteiger partial charge in [0.15, 0.2) is 0 Å². The SMILES string of the molecule is CCCCCNC(=O)C1CCN(C(=O)c2cc(S(=O)(=O)N3CCSCC3)c[nH]2)CC1. The number of carbonyl (C=O) groups is 2. The predicted octanol–water partition coefficient (Wildman–Crippen LogP) is 1.91. The highest BCUT2D eigenvalue weighted by Gasteiger charge is 2.31. The summed E-state index contributed by atoms with van der Waals surface area (Å²) in [6, 6.07) is 1.44. The number of thioether (sulfide) groups is 1. The van der Waals surface area contributed by atoms with E-state index < -0.39 is 10.0 Å². The minimum atomic E-state index is -3.57. The molecule has 0 spiro atoms. The Morgan fingerprint density at radius 3 is 2.53 bits per heavy atom. The number of nitrogens with zero attached hydrogens (tertiary/aromatic N) is 2. The van der Waals surface area contributed by atoms with E-state index in [-0.39, 0.29) is 28.3 Å². The van der Waals surface area contributed by atoms with Crippen LogP contribution < -0.4 is 5.32 Å². The molecule has 0 atom stereocenters. The van der Waals surface area contributed by atoms with E-state index in [1.165, 1.54) is 16.6 Å². The molecular formula is C20H32N4O4S2. The molecule has 0 saturated carbocycles. The van der Waals surface area contributed by atoms with Crippen molar-refractivity contribution in [2.75, 3.05) is 44.2 Å². The van der Waals surface area contributed by atoms with Gasteiger partial charge in [-0.05, 0) is 25.3 Å². The van der Waals surface area contributed by atoms with Crippen molar-refractivity contribution in [1.29, 1.82) is 0 Å². The second-order valence-electron chi connectivity index (χ2n) is 7.83. The maximum atomic E-state index is 12.8. The summed E-state index contributed by atoms with van der Waals surface area (Å²) in [7, 11) is -3.57. The lowest BCUT2D eigenvalue weighted by Crippen LogP contribution is -2.43. The number of H-pyrrole nitrogens is 1. The largest absolute Gasteiger partial charge is 0.356 e. The van der Waals surface area contributed by atoms with Crippen molar-refractivity contribution < 1.29 is 18.0 Å². The van der Waals surface area contributed by atoms with Gasteiger partial charge in [-0.1, -0.05) is 19.8 Å². The molecule has 0 unspecified atom stereocenters. The van der Waals surface area contributed by atoms with Crippen molar-refractivity contribution >= 4 is 33.6 Å². The third kappa shape index (κ3) is 5.59. The van der Waals surface area contributed by atoms with Crippen LogP contribution in [0.25, 0.3) is 0 Å². The van der Waals surface area contributed by atoms with E-state index in [1.54, 1.807) is 16.7 Å². The summed E-state index contributed by atoms with van der Waals surface area (Å²) in [5.41, 5.74) is 0.280. The highest BCUT2D eigenvalue weighted by molar-refractivity contribution is 7.99. The zero-order valence-corrected chi connectivity index (χ0v) is 19.2. The molecule has 2 aliphatic heterocycles. The Morgan fingerprint density at radius 2 is 1.87 bits per heavy atom. The van der Waals surface area contributed by atoms with Crippen LogP contribution in [-0.4, -0.2) is 78.7 Å². The van der Waals surface area contributed by atoms with E-state index in [0.29, 0.717) is 45.6 Å². The summed E-state index contributed by atoms with van der Waals surface area (Å²) in [6.45, 7) is 4.82. The molecule has 0 radical (unpaired) electrons. The lowest BCUT2D eigenvalue weighted by molar-refractivity contribution is -0.126. The molecule has 8 nitrogen and oxygen atoms in total. The Hall–Kier alpha value is -1.52. The molecule has 2 saturated heterocycles. The number of piperidine rings is 1. The van der Waals surface area contributed by atoms with Crippen LogP contribution in [0.15, 0.2) is 17.2 Å². The van der Waals surface area contributed by atoms with Crippen molar-refractivity contribution in [1.82, 2.24) is 19.5 Å². The van der Waals surface area contributed by atoms with E-state index in [4.69, 9.17) is 0 Å². The summed E-state index contributed by atoms with van der Waals surface area (Å²) in [6.07, 6.45) is 5.88. The number of aromatic nitrogens is 1. The Labute approximate surface area is 183 Å². The summed E-state index contributed by atoms with van der Waals surface area (Å²) in [5, 5.41) is 2.99. The van der Waals surface area contributed by atoms with Crippen LogP contribution in [0, 0.1) is 5.92 Å². The van der Waals surface area contributed by atoms with Crippen molar-refractivity contribution in [3.63, 3.8) is 0 Å². The second kappa shape index (κ2) is 10.7. The Balaban J connectivity index is 1.53. The Bertz CT molecular complexity index is 826. The number of sulfonamides is 1. The van der Waals surface area contributed by atoms with Crippen LogP contribution in [0.1, 0.15) is 49.5 Å². The van der Waals surface area contributed by atoms with Crippen molar-refractivity contribution in [3.8, 4) is 0 Å². The highest BCUT2D eigenvalue weighted by atomic mass is 32.2. The molecule has 10 heteroatoms. The predicted molar refractivity (Wildman–Crippen MR) is 118 cm³/mol. The third-order valence-electron chi connectivity index (χ3n) is 5.73. The lowest BCUT2D eigenvalue weighted by Gasteiger charge is -2.31. The van der Waals surface area contributed by atoms with Gasteiger partial charge in [0, 0.05) is 56.3 Å². The van der Waals surface area contributed by atoms with Gasteiger partial charge in [0.2, 0.25) is 15.9 Å². The summed E-state index contributed by atoms with van der Waals surface area (Å²) < 4.78 is 27.0. The van der Waals surface area contributed by atoms with Crippen molar-refractivity contribution in [2.24, 2.45) is 5.92 Å². The number of likely N-dealkylation sites (tertiary alicyclic amines) is 1. The average Bonchev–Trinajstić information content (AvgIpc) is 3.28. The summed E-state index contributed by atoms with van der Waals surface area (Å²) in [4.78, 5) is 29.8. The lowest BCUT2D eigenvalue weighted by atomic mass is 9.95. The van der Waals surface area contributed by atoms with Crippen LogP contribution >= 0.6 is 11.8 Å². The van der Waals surface area contributed by atoms with Gasteiger partial charge in [-0.25, -0.2) is 8.42 Å². The number of carbonyl (C=O) groups excluding carboxylic acids is 2. The number of nitrogens with one attached hydrogen (secondary N) is 2. The number of hydrogen-bond acceptors (Lipinski definition) is 5. The fraction of sp³-hybridized carbons (Fsp3) is 0.700. The minimum Gasteiger partial charge on any atom is -0.356 e. The Morgan fingerprint density at radius 1 is 1.17 bits per heavy atom. The molecular weight excluding hydrogens is 424 g/mol. The number of amides is 2. The molecule has 2 amide bonds. The smallest absolute Gasteiger partial charge is 0.270 e. The van der Waals surface area contributed by atoms with Crippen LogP contribution in [-0.2, 0) is 14.8 Å². The molecule has 2 fully saturated rings. The molecule has 2 aliphatic rings. The van der Waals surface area contributed by atoms with Crippen LogP contribution in [0.3, 0.4) is 0 Å². The molecule has 0 bridgehead atoms. The van der Waals surface area contributed by atoms with Gasteiger partial charge in [0.25, 0.3) is 5.91 Å².